The van der Waals surface area contributed by atoms with E-state index in [2.05, 4.69) is 0 Å². The lowest BCUT2D eigenvalue weighted by atomic mass is 10.1. The molecule has 0 aliphatic carbocycles. The van der Waals surface area contributed by atoms with Crippen LogP contribution in [0.25, 0.3) is 0 Å². The van der Waals surface area contributed by atoms with Gasteiger partial charge in [0.1, 0.15) is 0 Å². The van der Waals surface area contributed by atoms with Crippen molar-refractivity contribution in [2.45, 2.75) is 22.6 Å². The van der Waals surface area contributed by atoms with Crippen molar-refractivity contribution in [2.75, 3.05) is 11.5 Å². The summed E-state index contributed by atoms with van der Waals surface area (Å²) in [6.45, 7) is 0. The highest BCUT2D eigenvalue weighted by Gasteiger charge is 2.17. The maximum absolute atomic E-state index is 11.6. The van der Waals surface area contributed by atoms with Gasteiger partial charge in [0.15, 0.2) is 0 Å². The van der Waals surface area contributed by atoms with E-state index in [1.807, 2.05) is 12.1 Å². The van der Waals surface area contributed by atoms with Gasteiger partial charge in [-0.15, -0.1) is 23.5 Å². The van der Waals surface area contributed by atoms with Crippen LogP contribution in [0.4, 0.5) is 0 Å². The van der Waals surface area contributed by atoms with Gasteiger partial charge in [0.05, 0.1) is 23.3 Å². The largest absolute Gasteiger partial charge is 0.366 e. The molecule has 1 aromatic rings. The highest BCUT2D eigenvalue weighted by Crippen LogP contribution is 2.32. The van der Waals surface area contributed by atoms with Crippen molar-refractivity contribution in [3.05, 3.63) is 23.3 Å². The lowest BCUT2D eigenvalue weighted by Crippen LogP contribution is -2.17. The maximum atomic E-state index is 11.6. The van der Waals surface area contributed by atoms with Gasteiger partial charge in [0, 0.05) is 34.1 Å². The average Bonchev–Trinajstić information content (AvgIpc) is 2.47. The number of benzene rings is 1. The fraction of sp³-hybridized carbons (Fsp3) is 0.286. The molecule has 0 atom stereocenters. The van der Waals surface area contributed by atoms with E-state index >= 15 is 0 Å². The quantitative estimate of drug-likeness (QED) is 0.551. The van der Waals surface area contributed by atoms with Crippen molar-refractivity contribution in [1.82, 2.24) is 0 Å². The van der Waals surface area contributed by atoms with E-state index in [0.717, 1.165) is 0 Å². The molecule has 0 aromatic heterocycles. The Balaban J connectivity index is 3.20. The third kappa shape index (κ3) is 4.99. The third-order valence-corrected chi connectivity index (χ3v) is 4.67. The van der Waals surface area contributed by atoms with E-state index in [4.69, 9.17) is 22.0 Å². The van der Waals surface area contributed by atoms with Crippen LogP contribution in [0.2, 0.25) is 0 Å². The van der Waals surface area contributed by atoms with Crippen LogP contribution in [0.15, 0.2) is 21.9 Å². The molecule has 0 spiro atoms. The molecule has 1 rings (SSSR count). The van der Waals surface area contributed by atoms with Crippen LogP contribution in [0.1, 0.15) is 33.6 Å². The summed E-state index contributed by atoms with van der Waals surface area (Å²) in [7, 11) is 0. The lowest BCUT2D eigenvalue weighted by molar-refractivity contribution is 0.0983. The molecule has 2 amide bonds. The van der Waals surface area contributed by atoms with Crippen LogP contribution in [-0.2, 0) is 0 Å². The van der Waals surface area contributed by atoms with Crippen molar-refractivity contribution in [3.63, 3.8) is 0 Å². The average molecular weight is 334 g/mol. The molecule has 0 saturated carbocycles. The van der Waals surface area contributed by atoms with Gasteiger partial charge < -0.3 is 11.5 Å². The molecule has 0 saturated heterocycles. The Hall–Kier alpha value is -2.16. The van der Waals surface area contributed by atoms with E-state index in [1.165, 1.54) is 35.7 Å². The van der Waals surface area contributed by atoms with E-state index in [0.29, 0.717) is 34.1 Å². The molecule has 0 heterocycles. The van der Waals surface area contributed by atoms with E-state index in [9.17, 15) is 9.59 Å². The number of nitrogens with zero attached hydrogens (tertiary/aromatic N) is 2. The topological polar surface area (TPSA) is 134 Å². The van der Waals surface area contributed by atoms with Crippen molar-refractivity contribution < 1.29 is 9.59 Å². The molecular weight excluding hydrogens is 320 g/mol. The summed E-state index contributed by atoms with van der Waals surface area (Å²) >= 11 is 2.55. The number of primary amides is 2. The van der Waals surface area contributed by atoms with Crippen molar-refractivity contribution in [1.29, 1.82) is 10.5 Å². The monoisotopic (exact) mass is 334 g/mol. The number of hydrogen-bond acceptors (Lipinski definition) is 6. The SMILES string of the molecule is N#CCCSc1cc(C(N)=O)c(SCCC#N)cc1C(N)=O. The van der Waals surface area contributed by atoms with E-state index in [1.54, 1.807) is 0 Å². The smallest absolute Gasteiger partial charge is 0.249 e. The molecule has 1 aromatic carbocycles. The summed E-state index contributed by atoms with van der Waals surface area (Å²) in [6.07, 6.45) is 0.626. The molecule has 0 radical (unpaired) electrons. The Labute approximate surface area is 136 Å². The minimum Gasteiger partial charge on any atom is -0.366 e. The van der Waals surface area contributed by atoms with Crippen LogP contribution in [0.5, 0.6) is 0 Å². The van der Waals surface area contributed by atoms with Crippen molar-refractivity contribution >= 4 is 35.3 Å². The minimum absolute atomic E-state index is 0.285. The fourth-order valence-corrected chi connectivity index (χ4v) is 3.46. The summed E-state index contributed by atoms with van der Waals surface area (Å²) < 4.78 is 0. The molecular formula is C14H14N4O2S2. The molecule has 0 unspecified atom stereocenters. The first-order valence-corrected chi connectivity index (χ1v) is 8.25. The highest BCUT2D eigenvalue weighted by molar-refractivity contribution is 7.99. The van der Waals surface area contributed by atoms with Crippen molar-refractivity contribution in [3.8, 4) is 12.1 Å². The number of carbonyl (C=O) groups excluding carboxylic acids is 2. The second kappa shape index (κ2) is 8.98. The van der Waals surface area contributed by atoms with Gasteiger partial charge in [-0.1, -0.05) is 0 Å². The number of carbonyl (C=O) groups is 2. The highest BCUT2D eigenvalue weighted by atomic mass is 32.2. The van der Waals surface area contributed by atoms with E-state index < -0.39 is 11.8 Å². The van der Waals surface area contributed by atoms with Crippen LogP contribution in [0.3, 0.4) is 0 Å². The molecule has 114 valence electrons. The number of nitrogens with two attached hydrogens (primary N) is 2. The van der Waals surface area contributed by atoms with Gasteiger partial charge in [0.2, 0.25) is 11.8 Å². The Kier molecular flexibility index (Phi) is 7.30. The Bertz CT molecular complexity index is 604. The Morgan fingerprint density at radius 1 is 0.909 bits per heavy atom. The number of amides is 2. The first kappa shape index (κ1) is 17.9. The summed E-state index contributed by atoms with van der Waals surface area (Å²) in [5.41, 5.74) is 11.3. The molecule has 6 nitrogen and oxygen atoms in total. The predicted molar refractivity (Wildman–Crippen MR) is 85.4 cm³/mol. The van der Waals surface area contributed by atoms with Gasteiger partial charge in [0.25, 0.3) is 0 Å². The first-order valence-electron chi connectivity index (χ1n) is 6.28. The molecule has 8 heteroatoms. The minimum atomic E-state index is -0.613. The summed E-state index contributed by atoms with van der Waals surface area (Å²) in [5, 5.41) is 17.1. The molecule has 4 N–H and O–H groups in total. The predicted octanol–water partition coefficient (Wildman–Crippen LogP) is 1.90. The lowest BCUT2D eigenvalue weighted by Gasteiger charge is -2.12. The molecule has 0 aliphatic heterocycles. The third-order valence-electron chi connectivity index (χ3n) is 2.56. The van der Waals surface area contributed by atoms with Gasteiger partial charge >= 0.3 is 0 Å². The van der Waals surface area contributed by atoms with Gasteiger partial charge in [-0.3, -0.25) is 9.59 Å². The molecule has 0 bridgehead atoms. The fourth-order valence-electron chi connectivity index (χ4n) is 1.60. The van der Waals surface area contributed by atoms with Gasteiger partial charge in [-0.05, 0) is 12.1 Å². The van der Waals surface area contributed by atoms with Crippen LogP contribution >= 0.6 is 23.5 Å². The summed E-state index contributed by atoms with van der Waals surface area (Å²) in [4.78, 5) is 24.2. The standard InChI is InChI=1S/C14H14N4O2S2/c15-3-1-5-21-11-7-10(14(18)20)12(22-6-2-4-16)8-9(11)13(17)19/h7-8H,1-2,5-6H2,(H2,17,19)(H2,18,20). The first-order chi connectivity index (χ1) is 10.5. The molecule has 0 fully saturated rings. The van der Waals surface area contributed by atoms with E-state index in [-0.39, 0.29) is 11.1 Å². The molecule has 0 aliphatic rings. The van der Waals surface area contributed by atoms with Crippen LogP contribution < -0.4 is 11.5 Å². The van der Waals surface area contributed by atoms with Gasteiger partial charge in [-0.25, -0.2) is 0 Å². The summed E-state index contributed by atoms with van der Waals surface area (Å²) in [5.74, 6) is -0.263. The number of rotatable bonds is 8. The van der Waals surface area contributed by atoms with Crippen LogP contribution in [0, 0.1) is 22.7 Å². The van der Waals surface area contributed by atoms with Gasteiger partial charge in [-0.2, -0.15) is 10.5 Å². The second-order valence-electron chi connectivity index (χ2n) is 4.09. The zero-order chi connectivity index (χ0) is 16.5. The Morgan fingerprint density at radius 3 is 1.55 bits per heavy atom. The van der Waals surface area contributed by atoms with Crippen molar-refractivity contribution in [2.24, 2.45) is 11.5 Å². The number of thioether (sulfide) groups is 2. The number of nitriles is 2. The second-order valence-corrected chi connectivity index (χ2v) is 6.36. The zero-order valence-electron chi connectivity index (χ0n) is 11.7. The maximum Gasteiger partial charge on any atom is 0.249 e. The number of hydrogen-bond donors (Lipinski definition) is 2. The summed E-state index contributed by atoms with van der Waals surface area (Å²) in [6, 6.07) is 7.07. The molecule has 22 heavy (non-hydrogen) atoms. The zero-order valence-corrected chi connectivity index (χ0v) is 13.3. The van der Waals surface area contributed by atoms with Crippen LogP contribution in [-0.4, -0.2) is 23.3 Å². The Morgan fingerprint density at radius 2 is 1.27 bits per heavy atom. The normalized spacial score (nSPS) is 9.73.